The molecule has 0 fully saturated rings. The number of hydrogen-bond donors (Lipinski definition) is 3. The quantitative estimate of drug-likeness (QED) is 0.584. The molecule has 7 heteroatoms. The molecule has 140 valence electrons. The number of nitrogens with one attached hydrogen (secondary N) is 3. The van der Waals surface area contributed by atoms with Gasteiger partial charge in [-0.15, -0.1) is 0 Å². The van der Waals surface area contributed by atoms with Crippen molar-refractivity contribution in [3.05, 3.63) is 66.1 Å². The number of amides is 2. The van der Waals surface area contributed by atoms with E-state index in [0.717, 1.165) is 16.5 Å². The van der Waals surface area contributed by atoms with Gasteiger partial charge in [-0.3, -0.25) is 20.4 Å². The summed E-state index contributed by atoms with van der Waals surface area (Å²) in [7, 11) is 0. The largest absolute Gasteiger partial charge is 0.481 e. The van der Waals surface area contributed by atoms with Crippen molar-refractivity contribution < 1.29 is 18.7 Å². The molecule has 27 heavy (non-hydrogen) atoms. The summed E-state index contributed by atoms with van der Waals surface area (Å²) in [5.41, 5.74) is 6.78. The molecular formula is C20H20FN3O3. The van der Waals surface area contributed by atoms with E-state index in [4.69, 9.17) is 4.74 Å². The third-order valence-electron chi connectivity index (χ3n) is 4.12. The van der Waals surface area contributed by atoms with Crippen LogP contribution in [0.4, 0.5) is 4.39 Å². The van der Waals surface area contributed by atoms with Crippen LogP contribution >= 0.6 is 0 Å². The first-order chi connectivity index (χ1) is 13.0. The van der Waals surface area contributed by atoms with E-state index in [1.54, 1.807) is 0 Å². The number of rotatable bonds is 6. The van der Waals surface area contributed by atoms with Gasteiger partial charge in [-0.1, -0.05) is 18.2 Å². The minimum atomic E-state index is -0.843. The lowest BCUT2D eigenvalue weighted by Crippen LogP contribution is -2.47. The van der Waals surface area contributed by atoms with Crippen LogP contribution in [0.2, 0.25) is 0 Å². The molecule has 0 saturated heterocycles. The third-order valence-corrected chi connectivity index (χ3v) is 4.12. The van der Waals surface area contributed by atoms with Crippen LogP contribution in [0, 0.1) is 5.82 Å². The van der Waals surface area contributed by atoms with Crippen LogP contribution in [-0.2, 0) is 16.0 Å². The Bertz CT molecular complexity index is 937. The Labute approximate surface area is 155 Å². The number of H-pyrrole nitrogens is 1. The van der Waals surface area contributed by atoms with Gasteiger partial charge in [-0.2, -0.15) is 0 Å². The second-order valence-corrected chi connectivity index (χ2v) is 6.11. The molecule has 1 aromatic heterocycles. The van der Waals surface area contributed by atoms with E-state index in [-0.39, 0.29) is 18.1 Å². The smallest absolute Gasteiger partial charge is 0.279 e. The van der Waals surface area contributed by atoms with Gasteiger partial charge in [0.1, 0.15) is 11.6 Å². The second-order valence-electron chi connectivity index (χ2n) is 6.11. The van der Waals surface area contributed by atoms with E-state index in [2.05, 4.69) is 15.8 Å². The minimum Gasteiger partial charge on any atom is -0.481 e. The number of carbonyl (C=O) groups excluding carboxylic acids is 2. The van der Waals surface area contributed by atoms with Gasteiger partial charge < -0.3 is 9.72 Å². The summed E-state index contributed by atoms with van der Waals surface area (Å²) in [6.07, 6.45) is 1.82. The van der Waals surface area contributed by atoms with Gasteiger partial charge in [-0.05, 0) is 49.2 Å². The monoisotopic (exact) mass is 369 g/mol. The Morgan fingerprint density at radius 3 is 2.63 bits per heavy atom. The van der Waals surface area contributed by atoms with Crippen LogP contribution in [0.5, 0.6) is 5.75 Å². The van der Waals surface area contributed by atoms with E-state index in [0.29, 0.717) is 12.2 Å². The Morgan fingerprint density at radius 2 is 1.85 bits per heavy atom. The average molecular weight is 369 g/mol. The van der Waals surface area contributed by atoms with Gasteiger partial charge in [0.2, 0.25) is 5.91 Å². The molecule has 3 N–H and O–H groups in total. The lowest BCUT2D eigenvalue weighted by molar-refractivity contribution is -0.132. The van der Waals surface area contributed by atoms with Crippen molar-refractivity contribution >= 4 is 22.7 Å². The van der Waals surface area contributed by atoms with Crippen LogP contribution in [0.25, 0.3) is 10.9 Å². The number of halogens is 1. The molecule has 0 radical (unpaired) electrons. The van der Waals surface area contributed by atoms with Gasteiger partial charge in [0.05, 0.1) is 0 Å². The zero-order chi connectivity index (χ0) is 19.2. The molecular weight excluding hydrogens is 349 g/mol. The maximum Gasteiger partial charge on any atom is 0.279 e. The highest BCUT2D eigenvalue weighted by molar-refractivity contribution is 5.86. The van der Waals surface area contributed by atoms with Crippen molar-refractivity contribution in [2.24, 2.45) is 0 Å². The summed E-state index contributed by atoms with van der Waals surface area (Å²) in [4.78, 5) is 27.1. The van der Waals surface area contributed by atoms with Crippen molar-refractivity contribution in [1.29, 1.82) is 0 Å². The minimum absolute atomic E-state index is 0.231. The Hall–Kier alpha value is -3.35. The van der Waals surface area contributed by atoms with Gasteiger partial charge >= 0.3 is 0 Å². The number of aromatic amines is 1. The van der Waals surface area contributed by atoms with Crippen molar-refractivity contribution in [2.45, 2.75) is 25.9 Å². The Morgan fingerprint density at radius 1 is 1.11 bits per heavy atom. The van der Waals surface area contributed by atoms with E-state index in [1.165, 1.54) is 31.2 Å². The molecule has 0 aliphatic rings. The lowest BCUT2D eigenvalue weighted by Gasteiger charge is -2.15. The first kappa shape index (κ1) is 18.4. The average Bonchev–Trinajstić information content (AvgIpc) is 3.09. The number of fused-ring (bicyclic) bond motifs is 1. The van der Waals surface area contributed by atoms with Crippen molar-refractivity contribution in [3.63, 3.8) is 0 Å². The molecule has 0 aliphatic carbocycles. The van der Waals surface area contributed by atoms with E-state index < -0.39 is 12.0 Å². The summed E-state index contributed by atoms with van der Waals surface area (Å²) in [5, 5.41) is 1.08. The summed E-state index contributed by atoms with van der Waals surface area (Å²) in [5.74, 6) is -0.825. The number of benzene rings is 2. The molecule has 0 bridgehead atoms. The fourth-order valence-corrected chi connectivity index (χ4v) is 2.65. The second kappa shape index (κ2) is 8.35. The van der Waals surface area contributed by atoms with Crippen molar-refractivity contribution in [3.8, 4) is 5.75 Å². The van der Waals surface area contributed by atoms with Crippen LogP contribution in [0.3, 0.4) is 0 Å². The van der Waals surface area contributed by atoms with Crippen LogP contribution in [0.1, 0.15) is 18.9 Å². The first-order valence-electron chi connectivity index (χ1n) is 8.59. The molecule has 1 heterocycles. The van der Waals surface area contributed by atoms with Gasteiger partial charge in [0.25, 0.3) is 5.91 Å². The maximum atomic E-state index is 12.9. The number of carbonyl (C=O) groups is 2. The highest BCUT2D eigenvalue weighted by atomic mass is 19.1. The summed E-state index contributed by atoms with van der Waals surface area (Å²) >= 11 is 0. The zero-order valence-corrected chi connectivity index (χ0v) is 14.8. The maximum absolute atomic E-state index is 12.9. The predicted molar refractivity (Wildman–Crippen MR) is 99.4 cm³/mol. The number of para-hydroxylation sites is 1. The van der Waals surface area contributed by atoms with Crippen LogP contribution < -0.4 is 15.6 Å². The number of hydrazine groups is 1. The van der Waals surface area contributed by atoms with Crippen molar-refractivity contribution in [2.75, 3.05) is 0 Å². The number of hydrogen-bond acceptors (Lipinski definition) is 3. The molecule has 0 saturated carbocycles. The molecule has 3 aromatic rings. The first-order valence-corrected chi connectivity index (χ1v) is 8.59. The SMILES string of the molecule is CC(Oc1ccc(F)cc1)C(=O)NNC(=O)CCc1c[nH]c2ccccc12. The molecule has 0 aliphatic heterocycles. The third kappa shape index (κ3) is 4.84. The van der Waals surface area contributed by atoms with Gasteiger partial charge in [0.15, 0.2) is 6.10 Å². The molecule has 2 aromatic carbocycles. The number of ether oxygens (including phenoxy) is 1. The van der Waals surface area contributed by atoms with Gasteiger partial charge in [0, 0.05) is 23.5 Å². The van der Waals surface area contributed by atoms with Crippen molar-refractivity contribution in [1.82, 2.24) is 15.8 Å². The Balaban J connectivity index is 1.44. The normalized spacial score (nSPS) is 11.8. The molecule has 6 nitrogen and oxygen atoms in total. The number of aryl methyl sites for hydroxylation is 1. The molecule has 1 unspecified atom stereocenters. The zero-order valence-electron chi connectivity index (χ0n) is 14.8. The number of aromatic nitrogens is 1. The highest BCUT2D eigenvalue weighted by Gasteiger charge is 2.15. The molecule has 3 rings (SSSR count). The fourth-order valence-electron chi connectivity index (χ4n) is 2.65. The summed E-state index contributed by atoms with van der Waals surface area (Å²) in [6, 6.07) is 13.2. The topological polar surface area (TPSA) is 83.2 Å². The highest BCUT2D eigenvalue weighted by Crippen LogP contribution is 2.18. The summed E-state index contributed by atoms with van der Waals surface area (Å²) < 4.78 is 18.3. The fraction of sp³-hybridized carbons (Fsp3) is 0.200. The summed E-state index contributed by atoms with van der Waals surface area (Å²) in [6.45, 7) is 1.54. The standard InChI is InChI=1S/C20H20FN3O3/c1-13(27-16-9-7-15(21)8-10-16)20(26)24-23-19(25)11-6-14-12-22-18-5-3-2-4-17(14)18/h2-5,7-10,12-13,22H,6,11H2,1H3,(H,23,25)(H,24,26). The molecule has 1 atom stereocenters. The van der Waals surface area contributed by atoms with Crippen LogP contribution in [0.15, 0.2) is 54.7 Å². The van der Waals surface area contributed by atoms with E-state index in [1.807, 2.05) is 30.5 Å². The van der Waals surface area contributed by atoms with E-state index in [9.17, 15) is 14.0 Å². The van der Waals surface area contributed by atoms with Gasteiger partial charge in [-0.25, -0.2) is 4.39 Å². The van der Waals surface area contributed by atoms with E-state index >= 15 is 0 Å². The Kier molecular flexibility index (Phi) is 5.71. The van der Waals surface area contributed by atoms with Crippen LogP contribution in [-0.4, -0.2) is 22.9 Å². The lowest BCUT2D eigenvalue weighted by atomic mass is 10.1. The predicted octanol–water partition coefficient (Wildman–Crippen LogP) is 2.85. The molecule has 0 spiro atoms. The molecule has 2 amide bonds.